The number of benzene rings is 1. The monoisotopic (exact) mass is 441 g/mol. The van der Waals surface area contributed by atoms with Crippen molar-refractivity contribution in [2.45, 2.75) is 20.4 Å². The molecule has 31 heavy (non-hydrogen) atoms. The summed E-state index contributed by atoms with van der Waals surface area (Å²) in [5.41, 5.74) is 1.95. The molecular weight excluding hydrogens is 413 g/mol. The van der Waals surface area contributed by atoms with Crippen LogP contribution in [0.4, 0.5) is 15.9 Å². The molecule has 2 aromatic heterocycles. The van der Waals surface area contributed by atoms with E-state index in [0.29, 0.717) is 5.69 Å². The van der Waals surface area contributed by atoms with Gasteiger partial charge in [-0.05, 0) is 31.5 Å². The second kappa shape index (κ2) is 8.68. The van der Waals surface area contributed by atoms with Gasteiger partial charge in [0.05, 0.1) is 30.8 Å². The molecule has 0 saturated carbocycles. The van der Waals surface area contributed by atoms with Gasteiger partial charge >= 0.3 is 0 Å². The van der Waals surface area contributed by atoms with Crippen LogP contribution in [0.5, 0.6) is 0 Å². The minimum absolute atomic E-state index is 0.155. The Hall–Kier alpha value is -2.29. The van der Waals surface area contributed by atoms with Gasteiger partial charge in [0.2, 0.25) is 0 Å². The van der Waals surface area contributed by atoms with E-state index in [1.165, 1.54) is 21.9 Å². The highest BCUT2D eigenvalue weighted by Crippen LogP contribution is 2.36. The summed E-state index contributed by atoms with van der Waals surface area (Å²) in [4.78, 5) is 19.2. The van der Waals surface area contributed by atoms with E-state index in [2.05, 4.69) is 28.5 Å². The normalized spacial score (nSPS) is 18.2. The van der Waals surface area contributed by atoms with E-state index in [4.69, 9.17) is 14.7 Å². The third-order valence-corrected chi connectivity index (χ3v) is 7.40. The maximum atomic E-state index is 14.2. The number of aromatic nitrogens is 2. The number of morpholine rings is 1. The highest BCUT2D eigenvalue weighted by atomic mass is 32.1. The first-order valence-corrected chi connectivity index (χ1v) is 11.7. The topological polar surface area (TPSA) is 44.7 Å². The Bertz CT molecular complexity index is 1070. The van der Waals surface area contributed by atoms with Crippen LogP contribution in [-0.2, 0) is 11.3 Å². The van der Waals surface area contributed by atoms with Crippen molar-refractivity contribution < 1.29 is 9.13 Å². The molecule has 2 saturated heterocycles. The van der Waals surface area contributed by atoms with Crippen molar-refractivity contribution in [1.29, 1.82) is 0 Å². The van der Waals surface area contributed by atoms with Crippen LogP contribution >= 0.6 is 11.3 Å². The summed E-state index contributed by atoms with van der Waals surface area (Å²) in [6.45, 7) is 11.6. The van der Waals surface area contributed by atoms with Gasteiger partial charge < -0.3 is 14.5 Å². The van der Waals surface area contributed by atoms with E-state index in [9.17, 15) is 4.39 Å². The summed E-state index contributed by atoms with van der Waals surface area (Å²) in [5, 5.41) is 1.17. The largest absolute Gasteiger partial charge is 0.379 e. The Morgan fingerprint density at radius 1 is 0.968 bits per heavy atom. The molecule has 5 rings (SSSR count). The number of aryl methyl sites for hydroxylation is 2. The highest BCUT2D eigenvalue weighted by molar-refractivity contribution is 7.18. The zero-order valence-corrected chi connectivity index (χ0v) is 18.9. The van der Waals surface area contributed by atoms with Gasteiger partial charge in [-0.15, -0.1) is 11.3 Å². The third kappa shape index (κ3) is 4.12. The van der Waals surface area contributed by atoms with Crippen molar-refractivity contribution in [2.75, 3.05) is 62.3 Å². The molecule has 1 aromatic carbocycles. The second-order valence-corrected chi connectivity index (χ2v) is 9.44. The van der Waals surface area contributed by atoms with Crippen molar-refractivity contribution in [3.8, 4) is 0 Å². The Balaban J connectivity index is 1.42. The SMILES string of the molecule is Cc1sc2nc(CN3CCOCC3)nc(N3CCN(c4ccccc4F)CC3)c2c1C. The number of hydrogen-bond acceptors (Lipinski definition) is 7. The molecule has 2 aliphatic heterocycles. The standard InChI is InChI=1S/C23H28FN5OS/c1-16-17(2)31-23-21(16)22(25-20(26-23)15-27-11-13-30-14-12-27)29-9-7-28(8-10-29)19-6-4-3-5-18(19)24/h3-6H,7-15H2,1-2H3. The average molecular weight is 442 g/mol. The van der Waals surface area contributed by atoms with Gasteiger partial charge in [-0.25, -0.2) is 14.4 Å². The van der Waals surface area contributed by atoms with E-state index in [-0.39, 0.29) is 5.82 Å². The Morgan fingerprint density at radius 3 is 2.42 bits per heavy atom. The predicted molar refractivity (Wildman–Crippen MR) is 124 cm³/mol. The van der Waals surface area contributed by atoms with Gasteiger partial charge in [-0.3, -0.25) is 4.90 Å². The number of ether oxygens (including phenoxy) is 1. The molecule has 3 aromatic rings. The molecular formula is C23H28FN5OS. The molecule has 0 aliphatic carbocycles. The lowest BCUT2D eigenvalue weighted by molar-refractivity contribution is 0.0331. The molecule has 0 amide bonds. The van der Waals surface area contributed by atoms with Crippen molar-refractivity contribution in [2.24, 2.45) is 0 Å². The molecule has 0 N–H and O–H groups in total. The Labute approximate surface area is 186 Å². The molecule has 0 atom stereocenters. The molecule has 0 unspecified atom stereocenters. The molecule has 6 nitrogen and oxygen atoms in total. The van der Waals surface area contributed by atoms with Gasteiger partial charge in [0.25, 0.3) is 0 Å². The maximum Gasteiger partial charge on any atom is 0.146 e. The number of halogens is 1. The molecule has 8 heteroatoms. The fourth-order valence-corrected chi connectivity index (χ4v) is 5.44. The summed E-state index contributed by atoms with van der Waals surface area (Å²) in [6.07, 6.45) is 0. The number of thiophene rings is 1. The lowest BCUT2D eigenvalue weighted by Crippen LogP contribution is -2.47. The zero-order valence-electron chi connectivity index (χ0n) is 18.1. The van der Waals surface area contributed by atoms with Gasteiger partial charge in [0.1, 0.15) is 22.3 Å². The van der Waals surface area contributed by atoms with Crippen LogP contribution < -0.4 is 9.80 Å². The number of rotatable bonds is 4. The number of anilines is 2. The fraction of sp³-hybridized carbons (Fsp3) is 0.478. The third-order valence-electron chi connectivity index (χ3n) is 6.30. The maximum absolute atomic E-state index is 14.2. The first kappa shape index (κ1) is 20.6. The van der Waals surface area contributed by atoms with E-state index >= 15 is 0 Å². The molecule has 4 heterocycles. The number of para-hydroxylation sites is 1. The van der Waals surface area contributed by atoms with E-state index in [1.54, 1.807) is 17.4 Å². The van der Waals surface area contributed by atoms with Crippen LogP contribution in [0.15, 0.2) is 24.3 Å². The molecule has 0 bridgehead atoms. The van der Waals surface area contributed by atoms with Crippen LogP contribution in [-0.4, -0.2) is 67.4 Å². The number of nitrogens with zero attached hydrogens (tertiary/aromatic N) is 5. The Morgan fingerprint density at radius 2 is 1.68 bits per heavy atom. The number of hydrogen-bond donors (Lipinski definition) is 0. The summed E-state index contributed by atoms with van der Waals surface area (Å²) < 4.78 is 19.7. The number of piperazine rings is 1. The van der Waals surface area contributed by atoms with Gasteiger partial charge in [-0.2, -0.15) is 0 Å². The molecule has 2 fully saturated rings. The lowest BCUT2D eigenvalue weighted by atomic mass is 10.1. The molecule has 0 spiro atoms. The minimum atomic E-state index is -0.155. The van der Waals surface area contributed by atoms with E-state index in [1.807, 2.05) is 12.1 Å². The Kier molecular flexibility index (Phi) is 5.77. The van der Waals surface area contributed by atoms with Crippen LogP contribution in [0.3, 0.4) is 0 Å². The number of fused-ring (bicyclic) bond motifs is 1. The van der Waals surface area contributed by atoms with Crippen LogP contribution in [0.25, 0.3) is 10.2 Å². The predicted octanol–water partition coefficient (Wildman–Crippen LogP) is 3.61. The van der Waals surface area contributed by atoms with E-state index < -0.39 is 0 Å². The lowest BCUT2D eigenvalue weighted by Gasteiger charge is -2.37. The van der Waals surface area contributed by atoms with Crippen LogP contribution in [0.2, 0.25) is 0 Å². The first-order valence-electron chi connectivity index (χ1n) is 10.9. The molecule has 0 radical (unpaired) electrons. The van der Waals surface area contributed by atoms with Crippen LogP contribution in [0.1, 0.15) is 16.3 Å². The molecule has 2 aliphatic rings. The molecule has 164 valence electrons. The van der Waals surface area contributed by atoms with Crippen LogP contribution in [0, 0.1) is 19.7 Å². The van der Waals surface area contributed by atoms with Crippen molar-refractivity contribution in [3.63, 3.8) is 0 Å². The van der Waals surface area contributed by atoms with Crippen molar-refractivity contribution in [3.05, 3.63) is 46.3 Å². The van der Waals surface area contributed by atoms with E-state index in [0.717, 1.165) is 75.5 Å². The van der Waals surface area contributed by atoms with Gasteiger partial charge in [0, 0.05) is 44.1 Å². The zero-order chi connectivity index (χ0) is 21.4. The quantitative estimate of drug-likeness (QED) is 0.616. The summed E-state index contributed by atoms with van der Waals surface area (Å²) in [6, 6.07) is 7.03. The average Bonchev–Trinajstić information content (AvgIpc) is 3.08. The summed E-state index contributed by atoms with van der Waals surface area (Å²) in [7, 11) is 0. The fourth-order valence-electron chi connectivity index (χ4n) is 4.40. The summed E-state index contributed by atoms with van der Waals surface area (Å²) in [5.74, 6) is 1.75. The van der Waals surface area contributed by atoms with Gasteiger partial charge in [-0.1, -0.05) is 12.1 Å². The summed E-state index contributed by atoms with van der Waals surface area (Å²) >= 11 is 1.75. The van der Waals surface area contributed by atoms with Crippen molar-refractivity contribution >= 4 is 33.1 Å². The second-order valence-electron chi connectivity index (χ2n) is 8.24. The minimum Gasteiger partial charge on any atom is -0.379 e. The first-order chi connectivity index (χ1) is 15.1. The highest BCUT2D eigenvalue weighted by Gasteiger charge is 2.25. The van der Waals surface area contributed by atoms with Crippen molar-refractivity contribution in [1.82, 2.24) is 14.9 Å². The smallest absolute Gasteiger partial charge is 0.146 e. The van der Waals surface area contributed by atoms with Gasteiger partial charge in [0.15, 0.2) is 0 Å².